The molecule has 1 aliphatic heterocycles. The highest BCUT2D eigenvalue weighted by molar-refractivity contribution is 5.79. The van der Waals surface area contributed by atoms with Crippen molar-refractivity contribution in [2.75, 3.05) is 33.4 Å². The van der Waals surface area contributed by atoms with Crippen LogP contribution in [0.1, 0.15) is 24.8 Å². The maximum absolute atomic E-state index is 9.23. The molecule has 0 aliphatic carbocycles. The maximum atomic E-state index is 9.23. The molecule has 0 amide bonds. The molecule has 0 atom stereocenters. The molecule has 4 aromatic rings. The van der Waals surface area contributed by atoms with Gasteiger partial charge in [-0.1, -0.05) is 18.2 Å². The van der Waals surface area contributed by atoms with Crippen LogP contribution in [-0.4, -0.2) is 47.9 Å². The molecular weight excluding hydrogens is 426 g/mol. The smallest absolute Gasteiger partial charge is 0.162 e. The zero-order valence-corrected chi connectivity index (χ0v) is 19.3. The number of rotatable bonds is 7. The lowest BCUT2D eigenvalue weighted by atomic mass is 10.1. The Morgan fingerprint density at radius 1 is 1.00 bits per heavy atom. The fraction of sp³-hybridized carbons (Fsp3) is 0.296. The number of likely N-dealkylation sites (tertiary alicyclic amines) is 1. The zero-order chi connectivity index (χ0) is 23.3. The van der Waals surface area contributed by atoms with E-state index in [9.17, 15) is 5.26 Å². The van der Waals surface area contributed by atoms with Gasteiger partial charge < -0.3 is 14.4 Å². The lowest BCUT2D eigenvalue weighted by Gasteiger charge is -2.23. The molecule has 2 aromatic carbocycles. The van der Waals surface area contributed by atoms with Gasteiger partial charge in [-0.05, 0) is 54.7 Å². The van der Waals surface area contributed by atoms with Crippen molar-refractivity contribution in [3.05, 3.63) is 66.6 Å². The summed E-state index contributed by atoms with van der Waals surface area (Å²) in [4.78, 5) is 6.33. The minimum absolute atomic E-state index is 0.498. The van der Waals surface area contributed by atoms with Crippen molar-refractivity contribution in [1.29, 1.82) is 5.26 Å². The molecule has 34 heavy (non-hydrogen) atoms. The van der Waals surface area contributed by atoms with Crippen molar-refractivity contribution in [3.8, 4) is 39.8 Å². The highest BCUT2D eigenvalue weighted by Gasteiger charge is 2.14. The van der Waals surface area contributed by atoms with Crippen LogP contribution >= 0.6 is 0 Å². The Morgan fingerprint density at radius 2 is 1.79 bits per heavy atom. The summed E-state index contributed by atoms with van der Waals surface area (Å²) >= 11 is 0. The molecular formula is C27H28N5O2+. The van der Waals surface area contributed by atoms with Gasteiger partial charge in [0.25, 0.3) is 0 Å². The third-order valence-corrected chi connectivity index (χ3v) is 6.46. The van der Waals surface area contributed by atoms with Crippen LogP contribution in [0.25, 0.3) is 27.9 Å². The molecule has 1 aliphatic rings. The number of methoxy groups -OCH3 is 1. The number of nitrogens with zero attached hydrogens (tertiary/aromatic N) is 4. The largest absolute Gasteiger partial charge is 0.495 e. The summed E-state index contributed by atoms with van der Waals surface area (Å²) in [7, 11) is 1.56. The number of hydrogen-bond acceptors (Lipinski definition) is 5. The first-order valence-electron chi connectivity index (χ1n) is 11.7. The molecule has 1 fully saturated rings. The van der Waals surface area contributed by atoms with E-state index in [0.717, 1.165) is 46.8 Å². The molecule has 7 heteroatoms. The Bertz CT molecular complexity index is 1320. The fourth-order valence-corrected chi connectivity index (χ4v) is 4.54. The van der Waals surface area contributed by atoms with Gasteiger partial charge in [0, 0.05) is 23.5 Å². The Morgan fingerprint density at radius 3 is 2.56 bits per heavy atom. The lowest BCUT2D eigenvalue weighted by molar-refractivity contribution is -0.904. The quantitative estimate of drug-likeness (QED) is 0.463. The first-order chi connectivity index (χ1) is 16.7. The van der Waals surface area contributed by atoms with Crippen molar-refractivity contribution in [3.63, 3.8) is 0 Å². The number of piperidine rings is 1. The Kier molecular flexibility index (Phi) is 6.41. The van der Waals surface area contributed by atoms with E-state index in [1.807, 2.05) is 36.7 Å². The van der Waals surface area contributed by atoms with E-state index in [1.54, 1.807) is 28.8 Å². The summed E-state index contributed by atoms with van der Waals surface area (Å²) in [6.45, 7) is 4.35. The minimum atomic E-state index is 0.498. The molecule has 7 nitrogen and oxygen atoms in total. The number of aromatic nitrogens is 3. The molecule has 1 saturated heterocycles. The third kappa shape index (κ3) is 4.59. The van der Waals surface area contributed by atoms with Gasteiger partial charge in [0.15, 0.2) is 5.65 Å². The summed E-state index contributed by atoms with van der Waals surface area (Å²) < 4.78 is 13.1. The first-order valence-corrected chi connectivity index (χ1v) is 11.7. The van der Waals surface area contributed by atoms with Crippen LogP contribution in [0.2, 0.25) is 0 Å². The van der Waals surface area contributed by atoms with E-state index in [0.29, 0.717) is 11.3 Å². The first kappa shape index (κ1) is 21.9. The summed E-state index contributed by atoms with van der Waals surface area (Å²) in [5.74, 6) is 1.43. The third-order valence-electron chi connectivity index (χ3n) is 6.46. The number of fused-ring (bicyclic) bond motifs is 1. The Hall–Kier alpha value is -3.89. The molecule has 2 aromatic heterocycles. The number of nitriles is 1. The second kappa shape index (κ2) is 9.94. The van der Waals surface area contributed by atoms with Crippen LogP contribution in [0.15, 0.2) is 61.1 Å². The summed E-state index contributed by atoms with van der Waals surface area (Å²) in [5, 5.41) is 13.7. The second-order valence-electron chi connectivity index (χ2n) is 8.63. The predicted molar refractivity (Wildman–Crippen MR) is 130 cm³/mol. The molecule has 5 rings (SSSR count). The van der Waals surface area contributed by atoms with Crippen LogP contribution < -0.4 is 14.4 Å². The monoisotopic (exact) mass is 454 g/mol. The van der Waals surface area contributed by atoms with E-state index in [2.05, 4.69) is 28.3 Å². The van der Waals surface area contributed by atoms with Gasteiger partial charge in [-0.25, -0.2) is 9.50 Å². The fourth-order valence-electron chi connectivity index (χ4n) is 4.54. The number of benzene rings is 2. The summed E-state index contributed by atoms with van der Waals surface area (Å²) in [6, 6.07) is 15.8. The molecule has 0 spiro atoms. The maximum Gasteiger partial charge on any atom is 0.162 e. The molecule has 0 saturated carbocycles. The van der Waals surface area contributed by atoms with Gasteiger partial charge in [-0.15, -0.1) is 0 Å². The van der Waals surface area contributed by atoms with Crippen LogP contribution in [0.5, 0.6) is 11.5 Å². The van der Waals surface area contributed by atoms with Gasteiger partial charge in [0.1, 0.15) is 30.7 Å². The van der Waals surface area contributed by atoms with Crippen molar-refractivity contribution in [2.24, 2.45) is 0 Å². The zero-order valence-electron chi connectivity index (χ0n) is 19.3. The van der Waals surface area contributed by atoms with Gasteiger partial charge in [0.2, 0.25) is 0 Å². The van der Waals surface area contributed by atoms with E-state index in [4.69, 9.17) is 9.47 Å². The van der Waals surface area contributed by atoms with Gasteiger partial charge in [-0.3, -0.25) is 0 Å². The standard InChI is InChI=1S/C27H27N5O2/c1-33-26-15-21(5-6-22(26)16-28)25-18-30-32-19-23(17-29-27(25)32)20-7-9-24(10-8-20)34-14-13-31-11-3-2-4-12-31/h5-10,15,17-19H,2-4,11-14H2,1H3/p+1. The van der Waals surface area contributed by atoms with Crippen molar-refractivity contribution in [2.45, 2.75) is 19.3 Å². The van der Waals surface area contributed by atoms with Crippen LogP contribution in [0.4, 0.5) is 0 Å². The van der Waals surface area contributed by atoms with Crippen molar-refractivity contribution < 1.29 is 14.4 Å². The van der Waals surface area contributed by atoms with Crippen molar-refractivity contribution in [1.82, 2.24) is 14.6 Å². The number of nitrogens with one attached hydrogen (secondary N) is 1. The molecule has 3 heterocycles. The molecule has 0 bridgehead atoms. The average Bonchev–Trinajstić information content (AvgIpc) is 3.32. The van der Waals surface area contributed by atoms with Gasteiger partial charge in [0.05, 0.1) is 32.0 Å². The highest BCUT2D eigenvalue weighted by atomic mass is 16.5. The van der Waals surface area contributed by atoms with Crippen molar-refractivity contribution >= 4 is 5.65 Å². The highest BCUT2D eigenvalue weighted by Crippen LogP contribution is 2.30. The minimum Gasteiger partial charge on any atom is -0.495 e. The summed E-state index contributed by atoms with van der Waals surface area (Å²) in [6.07, 6.45) is 9.66. The van der Waals surface area contributed by atoms with E-state index < -0.39 is 0 Å². The van der Waals surface area contributed by atoms with E-state index >= 15 is 0 Å². The lowest BCUT2D eigenvalue weighted by Crippen LogP contribution is -3.13. The second-order valence-corrected chi connectivity index (χ2v) is 8.63. The summed E-state index contributed by atoms with van der Waals surface area (Å²) in [5.41, 5.74) is 5.06. The molecule has 0 radical (unpaired) electrons. The van der Waals surface area contributed by atoms with Crippen LogP contribution in [0.3, 0.4) is 0 Å². The average molecular weight is 455 g/mol. The molecule has 172 valence electrons. The number of ether oxygens (including phenoxy) is 2. The molecule has 1 N–H and O–H groups in total. The number of hydrogen-bond donors (Lipinski definition) is 1. The SMILES string of the molecule is COc1cc(-c2cnn3cc(-c4ccc(OCC[NH+]5CCCCC5)cc4)cnc23)ccc1C#N. The van der Waals surface area contributed by atoms with Crippen LogP contribution in [0, 0.1) is 11.3 Å². The molecule has 0 unspecified atom stereocenters. The normalized spacial score (nSPS) is 14.1. The number of quaternary nitrogens is 1. The van der Waals surface area contributed by atoms with Gasteiger partial charge >= 0.3 is 0 Å². The Labute approximate surface area is 199 Å². The topological polar surface area (TPSA) is 76.9 Å². The van der Waals surface area contributed by atoms with E-state index in [1.165, 1.54) is 32.4 Å². The van der Waals surface area contributed by atoms with E-state index in [-0.39, 0.29) is 0 Å². The predicted octanol–water partition coefficient (Wildman–Crippen LogP) is 3.39. The van der Waals surface area contributed by atoms with Gasteiger partial charge in [-0.2, -0.15) is 10.4 Å². The Balaban J connectivity index is 1.30. The van der Waals surface area contributed by atoms with Crippen LogP contribution in [-0.2, 0) is 0 Å².